The first kappa shape index (κ1) is 15.4. The van der Waals surface area contributed by atoms with Gasteiger partial charge in [0.2, 0.25) is 11.1 Å². The van der Waals surface area contributed by atoms with Crippen LogP contribution >= 0.6 is 11.8 Å². The normalized spacial score (nSPS) is 10.4. The van der Waals surface area contributed by atoms with Crippen LogP contribution in [0.25, 0.3) is 0 Å². The van der Waals surface area contributed by atoms with Gasteiger partial charge in [-0.1, -0.05) is 11.8 Å². The van der Waals surface area contributed by atoms with Gasteiger partial charge in [-0.05, 0) is 16.8 Å². The van der Waals surface area contributed by atoms with E-state index in [2.05, 4.69) is 20.8 Å². The van der Waals surface area contributed by atoms with Crippen molar-refractivity contribution in [3.05, 3.63) is 0 Å². The van der Waals surface area contributed by atoms with Crippen LogP contribution in [0.3, 0.4) is 0 Å². The van der Waals surface area contributed by atoms with Crippen LogP contribution in [0, 0.1) is 0 Å². The Labute approximate surface area is 113 Å². The quantitative estimate of drug-likeness (QED) is 0.377. The zero-order valence-corrected chi connectivity index (χ0v) is 11.1. The molecule has 9 nitrogen and oxygen atoms in total. The van der Waals surface area contributed by atoms with Crippen molar-refractivity contribution in [1.82, 2.24) is 25.5 Å². The fourth-order valence-electron chi connectivity index (χ4n) is 1.21. The predicted molar refractivity (Wildman–Crippen MR) is 67.5 cm³/mol. The maximum Gasteiger partial charge on any atom is 0.303 e. The van der Waals surface area contributed by atoms with Gasteiger partial charge in [-0.2, -0.15) is 0 Å². The lowest BCUT2D eigenvalue weighted by atomic mass is 10.3. The van der Waals surface area contributed by atoms with E-state index in [4.69, 9.17) is 10.8 Å². The molecule has 1 heterocycles. The van der Waals surface area contributed by atoms with Crippen LogP contribution in [0.15, 0.2) is 5.16 Å². The largest absolute Gasteiger partial charge is 0.481 e. The molecule has 0 radical (unpaired) electrons. The molecule has 0 unspecified atom stereocenters. The number of aromatic nitrogens is 4. The summed E-state index contributed by atoms with van der Waals surface area (Å²) >= 11 is 1.21. The van der Waals surface area contributed by atoms with Crippen molar-refractivity contribution in [2.45, 2.75) is 24.5 Å². The molecule has 1 amide bonds. The Hall–Kier alpha value is -1.68. The minimum Gasteiger partial charge on any atom is -0.481 e. The monoisotopic (exact) mass is 288 g/mol. The Balaban J connectivity index is 2.22. The van der Waals surface area contributed by atoms with E-state index in [1.165, 1.54) is 16.4 Å². The van der Waals surface area contributed by atoms with Crippen molar-refractivity contribution >= 4 is 23.6 Å². The van der Waals surface area contributed by atoms with Crippen LogP contribution in [0.5, 0.6) is 0 Å². The summed E-state index contributed by atoms with van der Waals surface area (Å²) in [6.45, 7) is 1.26. The topological polar surface area (TPSA) is 136 Å². The molecule has 0 fully saturated rings. The van der Waals surface area contributed by atoms with Crippen molar-refractivity contribution in [1.29, 1.82) is 0 Å². The summed E-state index contributed by atoms with van der Waals surface area (Å²) in [6, 6.07) is 0. The Kier molecular flexibility index (Phi) is 6.82. The molecule has 0 spiro atoms. The summed E-state index contributed by atoms with van der Waals surface area (Å²) in [4.78, 5) is 21.7. The van der Waals surface area contributed by atoms with Gasteiger partial charge < -0.3 is 16.2 Å². The summed E-state index contributed by atoms with van der Waals surface area (Å²) in [7, 11) is 0. The molecule has 0 aliphatic carbocycles. The summed E-state index contributed by atoms with van der Waals surface area (Å²) in [6.07, 6.45) is 0.457. The van der Waals surface area contributed by atoms with Crippen molar-refractivity contribution in [3.63, 3.8) is 0 Å². The molecule has 0 aliphatic heterocycles. The minimum absolute atomic E-state index is 0.0438. The van der Waals surface area contributed by atoms with Crippen molar-refractivity contribution in [3.8, 4) is 0 Å². The van der Waals surface area contributed by atoms with Gasteiger partial charge in [0.05, 0.1) is 12.3 Å². The third kappa shape index (κ3) is 6.15. The van der Waals surface area contributed by atoms with Crippen molar-refractivity contribution in [2.75, 3.05) is 18.8 Å². The Bertz CT molecular complexity index is 424. The maximum absolute atomic E-state index is 11.5. The van der Waals surface area contributed by atoms with Crippen LogP contribution in [-0.4, -0.2) is 56.0 Å². The molecular weight excluding hydrogens is 272 g/mol. The van der Waals surface area contributed by atoms with Crippen LogP contribution in [0.1, 0.15) is 12.8 Å². The highest BCUT2D eigenvalue weighted by molar-refractivity contribution is 7.99. The molecule has 0 aromatic carbocycles. The van der Waals surface area contributed by atoms with E-state index in [1.807, 2.05) is 0 Å². The van der Waals surface area contributed by atoms with Gasteiger partial charge >= 0.3 is 5.97 Å². The summed E-state index contributed by atoms with van der Waals surface area (Å²) in [5.74, 6) is -0.875. The number of carbonyl (C=O) groups excluding carboxylic acids is 1. The molecule has 0 aliphatic rings. The van der Waals surface area contributed by atoms with E-state index in [-0.39, 0.29) is 18.1 Å². The molecule has 10 heteroatoms. The second-order valence-electron chi connectivity index (χ2n) is 3.61. The summed E-state index contributed by atoms with van der Waals surface area (Å²) < 4.78 is 1.53. The predicted octanol–water partition coefficient (Wildman–Crippen LogP) is -1.30. The molecule has 1 rings (SSSR count). The number of aliphatic carboxylic acids is 1. The number of nitrogens with zero attached hydrogens (tertiary/aromatic N) is 4. The SMILES string of the molecule is NCCn1nnnc1SCC(=O)NCCCC(=O)O. The number of thioether (sulfide) groups is 1. The minimum atomic E-state index is -0.871. The van der Waals surface area contributed by atoms with Gasteiger partial charge in [-0.3, -0.25) is 9.59 Å². The fourth-order valence-corrected chi connectivity index (χ4v) is 1.94. The number of nitrogens with one attached hydrogen (secondary N) is 1. The zero-order valence-electron chi connectivity index (χ0n) is 10.3. The highest BCUT2D eigenvalue weighted by Crippen LogP contribution is 2.12. The van der Waals surface area contributed by atoms with Gasteiger partial charge in [-0.25, -0.2) is 4.68 Å². The van der Waals surface area contributed by atoms with Crippen LogP contribution < -0.4 is 11.1 Å². The number of nitrogens with two attached hydrogens (primary N) is 1. The number of carbonyl (C=O) groups is 2. The lowest BCUT2D eigenvalue weighted by Crippen LogP contribution is -2.26. The average Bonchev–Trinajstić information content (AvgIpc) is 2.80. The Morgan fingerprint density at radius 1 is 1.47 bits per heavy atom. The number of carboxylic acids is 1. The second-order valence-corrected chi connectivity index (χ2v) is 4.55. The van der Waals surface area contributed by atoms with E-state index in [0.29, 0.717) is 31.2 Å². The molecule has 106 valence electrons. The Morgan fingerprint density at radius 2 is 2.26 bits per heavy atom. The van der Waals surface area contributed by atoms with Gasteiger partial charge in [0.15, 0.2) is 0 Å². The lowest BCUT2D eigenvalue weighted by Gasteiger charge is -2.04. The molecule has 0 saturated carbocycles. The molecule has 1 aromatic rings. The molecular formula is C9H16N6O3S. The number of rotatable bonds is 9. The molecule has 1 aromatic heterocycles. The van der Waals surface area contributed by atoms with E-state index in [1.54, 1.807) is 0 Å². The summed E-state index contributed by atoms with van der Waals surface area (Å²) in [5, 5.41) is 22.6. The molecule has 19 heavy (non-hydrogen) atoms. The van der Waals surface area contributed by atoms with Gasteiger partial charge in [0.1, 0.15) is 0 Å². The summed E-state index contributed by atoms with van der Waals surface area (Å²) in [5.41, 5.74) is 5.40. The molecule has 0 atom stereocenters. The third-order valence-electron chi connectivity index (χ3n) is 2.06. The van der Waals surface area contributed by atoms with Crippen LogP contribution in [0.2, 0.25) is 0 Å². The van der Waals surface area contributed by atoms with Crippen LogP contribution in [0.4, 0.5) is 0 Å². The van der Waals surface area contributed by atoms with Crippen molar-refractivity contribution in [2.24, 2.45) is 5.73 Å². The number of tetrazole rings is 1. The van der Waals surface area contributed by atoms with Gasteiger partial charge in [-0.15, -0.1) is 5.10 Å². The fraction of sp³-hybridized carbons (Fsp3) is 0.667. The number of amides is 1. The van der Waals surface area contributed by atoms with E-state index < -0.39 is 5.97 Å². The zero-order chi connectivity index (χ0) is 14.1. The molecule has 0 saturated heterocycles. The van der Waals surface area contributed by atoms with Gasteiger partial charge in [0.25, 0.3) is 0 Å². The molecule has 4 N–H and O–H groups in total. The number of hydrogen-bond donors (Lipinski definition) is 3. The smallest absolute Gasteiger partial charge is 0.303 e. The Morgan fingerprint density at radius 3 is 2.95 bits per heavy atom. The maximum atomic E-state index is 11.5. The lowest BCUT2D eigenvalue weighted by molar-refractivity contribution is -0.137. The van der Waals surface area contributed by atoms with Gasteiger partial charge in [0, 0.05) is 19.5 Å². The number of hydrogen-bond acceptors (Lipinski definition) is 7. The first-order chi connectivity index (χ1) is 9.13. The molecule has 0 bridgehead atoms. The second kappa shape index (κ2) is 8.43. The van der Waals surface area contributed by atoms with E-state index in [9.17, 15) is 9.59 Å². The first-order valence-corrected chi connectivity index (χ1v) is 6.69. The standard InChI is InChI=1S/C9H16N6O3S/c10-3-5-15-9(12-13-14-15)19-6-7(16)11-4-1-2-8(17)18/h1-6,10H2,(H,11,16)(H,17,18). The average molecular weight is 288 g/mol. The number of carboxylic acid groups (broad SMARTS) is 1. The van der Waals surface area contributed by atoms with Crippen molar-refractivity contribution < 1.29 is 14.7 Å². The highest BCUT2D eigenvalue weighted by atomic mass is 32.2. The first-order valence-electron chi connectivity index (χ1n) is 5.71. The third-order valence-corrected chi connectivity index (χ3v) is 3.02. The van der Waals surface area contributed by atoms with E-state index in [0.717, 1.165) is 0 Å². The van der Waals surface area contributed by atoms with Crippen LogP contribution in [-0.2, 0) is 16.1 Å². The van der Waals surface area contributed by atoms with E-state index >= 15 is 0 Å². The highest BCUT2D eigenvalue weighted by Gasteiger charge is 2.09.